The number of thioether (sulfide) groups is 2. The fourth-order valence-electron chi connectivity index (χ4n) is 5.18. The van der Waals surface area contributed by atoms with Crippen molar-refractivity contribution in [2.24, 2.45) is 0 Å². The Bertz CT molecular complexity index is 1480. The fourth-order valence-corrected chi connectivity index (χ4v) is 7.87. The number of rotatable bonds is 9. The maximum absolute atomic E-state index is 14.0. The van der Waals surface area contributed by atoms with Gasteiger partial charge >= 0.3 is 11.9 Å². The molecule has 42 heavy (non-hydrogen) atoms. The van der Waals surface area contributed by atoms with E-state index in [1.165, 1.54) is 28.4 Å². The van der Waals surface area contributed by atoms with Crippen LogP contribution in [0, 0.1) is 0 Å². The third kappa shape index (κ3) is 5.82. The molecule has 3 atom stereocenters. The number of benzene rings is 3. The van der Waals surface area contributed by atoms with Crippen molar-refractivity contribution in [1.82, 2.24) is 10.2 Å². The number of hydrogen-bond acceptors (Lipinski definition) is 8. The molecule has 0 radical (unpaired) electrons. The van der Waals surface area contributed by atoms with E-state index in [9.17, 15) is 19.2 Å². The van der Waals surface area contributed by atoms with Gasteiger partial charge in [0.1, 0.15) is 22.4 Å². The van der Waals surface area contributed by atoms with Crippen molar-refractivity contribution in [3.05, 3.63) is 118 Å². The zero-order valence-electron chi connectivity index (χ0n) is 22.5. The average molecular weight is 601 g/mol. The molecule has 0 saturated carbocycles. The Labute approximate surface area is 251 Å². The van der Waals surface area contributed by atoms with Crippen molar-refractivity contribution >= 4 is 47.3 Å². The lowest BCUT2D eigenvalue weighted by atomic mass is 10.0. The first-order chi connectivity index (χ1) is 20.5. The van der Waals surface area contributed by atoms with Crippen LogP contribution < -0.4 is 5.32 Å². The number of cyclic esters (lactones) is 1. The molecule has 0 bridgehead atoms. The molecule has 2 amide bonds. The second kappa shape index (κ2) is 12.5. The van der Waals surface area contributed by atoms with Gasteiger partial charge in [-0.2, -0.15) is 0 Å². The largest absolute Gasteiger partial charge is 0.465 e. The number of carbonyl (C=O) groups excluding carboxylic acids is 4. The number of carbonyl (C=O) groups is 4. The molecule has 214 valence electrons. The highest BCUT2D eigenvalue weighted by atomic mass is 32.2. The molecule has 0 aromatic heterocycles. The molecular formula is C32H28N2O6S2. The van der Waals surface area contributed by atoms with Gasteiger partial charge in [-0.1, -0.05) is 91.0 Å². The molecule has 1 unspecified atom stereocenters. The average Bonchev–Trinajstić information content (AvgIpc) is 3.43. The Kier molecular flexibility index (Phi) is 8.34. The first-order valence-corrected chi connectivity index (χ1v) is 15.6. The summed E-state index contributed by atoms with van der Waals surface area (Å²) in [6, 6.07) is 27.4. The van der Waals surface area contributed by atoms with Crippen molar-refractivity contribution in [2.45, 2.75) is 35.6 Å². The van der Waals surface area contributed by atoms with E-state index in [2.05, 4.69) is 5.32 Å². The van der Waals surface area contributed by atoms with Crippen molar-refractivity contribution in [1.29, 1.82) is 0 Å². The van der Waals surface area contributed by atoms with Crippen molar-refractivity contribution in [2.75, 3.05) is 12.4 Å². The van der Waals surface area contributed by atoms with E-state index in [0.717, 1.165) is 16.7 Å². The summed E-state index contributed by atoms with van der Waals surface area (Å²) >= 11 is 2.70. The number of esters is 2. The molecule has 10 heteroatoms. The van der Waals surface area contributed by atoms with Crippen LogP contribution in [0.1, 0.15) is 29.2 Å². The Hall–Kier alpha value is -4.02. The van der Waals surface area contributed by atoms with Crippen molar-refractivity contribution in [3.63, 3.8) is 0 Å². The monoisotopic (exact) mass is 600 g/mol. The molecule has 3 aliphatic heterocycles. The molecule has 1 N–H and O–H groups in total. The van der Waals surface area contributed by atoms with Gasteiger partial charge in [0.2, 0.25) is 5.91 Å². The molecule has 3 aliphatic rings. The standard InChI is InChI=1S/C32H28N2O6S2/c35-25(18-20-10-4-1-5-11-20)33-26-29(36)34-27(24(19-41-30(26)34)42-23-16-17-39-31(23)37)32(38)40-28(21-12-6-2-7-13-21)22-14-8-3-9-15-22/h1-15,23,26,28,30H,16-19H2,(H,33,35)/t23?,26-,30-/m0/s1. The lowest BCUT2D eigenvalue weighted by Gasteiger charge is -2.49. The third-order valence-electron chi connectivity index (χ3n) is 7.25. The van der Waals surface area contributed by atoms with E-state index in [1.807, 2.05) is 91.0 Å². The lowest BCUT2D eigenvalue weighted by molar-refractivity contribution is -0.154. The van der Waals surface area contributed by atoms with Crippen molar-refractivity contribution < 1.29 is 28.7 Å². The number of β-lactam (4-membered cyclic amide) rings is 1. The van der Waals surface area contributed by atoms with Gasteiger partial charge in [0.05, 0.1) is 13.0 Å². The Balaban J connectivity index is 1.27. The molecule has 3 heterocycles. The normalized spacial score (nSPS) is 21.5. The van der Waals surface area contributed by atoms with E-state index >= 15 is 0 Å². The van der Waals surface area contributed by atoms with Crippen LogP contribution in [-0.4, -0.2) is 57.7 Å². The van der Waals surface area contributed by atoms with Gasteiger partial charge in [0, 0.05) is 17.1 Å². The van der Waals surface area contributed by atoms with E-state index in [0.29, 0.717) is 23.7 Å². The number of nitrogens with zero attached hydrogens (tertiary/aromatic N) is 1. The molecule has 0 spiro atoms. The Morgan fingerprint density at radius 1 is 0.952 bits per heavy atom. The molecule has 8 nitrogen and oxygen atoms in total. The quantitative estimate of drug-likeness (QED) is 0.288. The van der Waals surface area contributed by atoms with E-state index in [1.54, 1.807) is 0 Å². The topological polar surface area (TPSA) is 102 Å². The van der Waals surface area contributed by atoms with E-state index < -0.39 is 28.7 Å². The smallest absolute Gasteiger partial charge is 0.356 e. The summed E-state index contributed by atoms with van der Waals surface area (Å²) < 4.78 is 11.3. The van der Waals surface area contributed by atoms with Gasteiger partial charge in [0.25, 0.3) is 5.91 Å². The highest BCUT2D eigenvalue weighted by Gasteiger charge is 2.55. The van der Waals surface area contributed by atoms with Crippen LogP contribution in [0.25, 0.3) is 0 Å². The summed E-state index contributed by atoms with van der Waals surface area (Å²) in [6.07, 6.45) is -0.0412. The minimum absolute atomic E-state index is 0.124. The number of fused-ring (bicyclic) bond motifs is 1. The summed E-state index contributed by atoms with van der Waals surface area (Å²) in [5.41, 5.74) is 2.54. The molecule has 6 rings (SSSR count). The Morgan fingerprint density at radius 3 is 2.17 bits per heavy atom. The first kappa shape index (κ1) is 28.1. The zero-order chi connectivity index (χ0) is 29.1. The van der Waals surface area contributed by atoms with Crippen LogP contribution in [0.3, 0.4) is 0 Å². The van der Waals surface area contributed by atoms with Gasteiger partial charge < -0.3 is 14.8 Å². The maximum atomic E-state index is 14.0. The third-order valence-corrected chi connectivity index (χ3v) is 10.0. The van der Waals surface area contributed by atoms with Crippen LogP contribution in [0.15, 0.2) is 102 Å². The van der Waals surface area contributed by atoms with Gasteiger partial charge in [-0.05, 0) is 16.7 Å². The summed E-state index contributed by atoms with van der Waals surface area (Å²) in [5, 5.41) is 1.93. The van der Waals surface area contributed by atoms with Crippen LogP contribution >= 0.6 is 23.5 Å². The van der Waals surface area contributed by atoms with Gasteiger partial charge in [-0.25, -0.2) is 4.79 Å². The molecular weight excluding hydrogens is 572 g/mol. The first-order valence-electron chi connectivity index (χ1n) is 13.6. The lowest BCUT2D eigenvalue weighted by Crippen LogP contribution is -2.70. The molecule has 3 aromatic rings. The predicted octanol–water partition coefficient (Wildman–Crippen LogP) is 4.22. The number of amides is 2. The summed E-state index contributed by atoms with van der Waals surface area (Å²) in [7, 11) is 0. The number of hydrogen-bond donors (Lipinski definition) is 1. The van der Waals surface area contributed by atoms with Gasteiger partial charge in [-0.3, -0.25) is 19.3 Å². The zero-order valence-corrected chi connectivity index (χ0v) is 24.1. The van der Waals surface area contributed by atoms with Crippen LogP contribution in [-0.2, 0) is 35.1 Å². The minimum atomic E-state index is -0.768. The highest BCUT2D eigenvalue weighted by molar-refractivity contribution is 8.07. The number of ether oxygens (including phenoxy) is 2. The fraction of sp³-hybridized carbons (Fsp3) is 0.250. The van der Waals surface area contributed by atoms with Gasteiger partial charge in [0.15, 0.2) is 6.10 Å². The van der Waals surface area contributed by atoms with Crippen LogP contribution in [0.2, 0.25) is 0 Å². The molecule has 2 fully saturated rings. The minimum Gasteiger partial charge on any atom is -0.465 e. The highest BCUT2D eigenvalue weighted by Crippen LogP contribution is 2.46. The van der Waals surface area contributed by atoms with Crippen LogP contribution in [0.5, 0.6) is 0 Å². The summed E-state index contributed by atoms with van der Waals surface area (Å²) in [5.74, 6) is -1.26. The molecule has 3 aromatic carbocycles. The predicted molar refractivity (Wildman–Crippen MR) is 160 cm³/mol. The summed E-state index contributed by atoms with van der Waals surface area (Å²) in [4.78, 5) is 54.7. The molecule has 0 aliphatic carbocycles. The summed E-state index contributed by atoms with van der Waals surface area (Å²) in [6.45, 7) is 0.321. The molecule has 2 saturated heterocycles. The van der Waals surface area contributed by atoms with Crippen LogP contribution in [0.4, 0.5) is 0 Å². The van der Waals surface area contributed by atoms with Gasteiger partial charge in [-0.15, -0.1) is 23.5 Å². The van der Waals surface area contributed by atoms with E-state index in [-0.39, 0.29) is 29.9 Å². The second-order valence-corrected chi connectivity index (χ2v) is 12.5. The number of nitrogens with one attached hydrogen (secondary N) is 1. The van der Waals surface area contributed by atoms with E-state index in [4.69, 9.17) is 9.47 Å². The van der Waals surface area contributed by atoms with Crippen molar-refractivity contribution in [3.8, 4) is 0 Å². The second-order valence-electron chi connectivity index (χ2n) is 10.1. The SMILES string of the molecule is O=C(Cc1ccccc1)N[C@H]1C(=O)N2C(C(=O)OC(c3ccccc3)c3ccccc3)=C(SC3CCOC3=O)CS[C@@H]12. The maximum Gasteiger partial charge on any atom is 0.356 e. The Morgan fingerprint density at radius 2 is 1.57 bits per heavy atom.